The van der Waals surface area contributed by atoms with Gasteiger partial charge in [-0.15, -0.1) is 0 Å². The molecule has 1 heterocycles. The van der Waals surface area contributed by atoms with E-state index < -0.39 is 0 Å². The highest BCUT2D eigenvalue weighted by molar-refractivity contribution is 5.95. The van der Waals surface area contributed by atoms with Gasteiger partial charge in [0.25, 0.3) is 5.91 Å². The van der Waals surface area contributed by atoms with Crippen LogP contribution in [0.15, 0.2) is 42.5 Å². The van der Waals surface area contributed by atoms with Crippen molar-refractivity contribution in [3.63, 3.8) is 0 Å². The highest BCUT2D eigenvalue weighted by Crippen LogP contribution is 2.35. The Balaban J connectivity index is 1.61. The first-order valence-electron chi connectivity index (χ1n) is 11.0. The van der Waals surface area contributed by atoms with Crippen LogP contribution < -0.4 is 14.2 Å². The first-order valence-corrected chi connectivity index (χ1v) is 11.0. The van der Waals surface area contributed by atoms with Crippen LogP contribution in [0.3, 0.4) is 0 Å². The SMILES string of the molecule is COc1cc(OC)c(OC)cc1/C=C/C(=O)N1CCN(C(=O)c2ccc(C(C)C)cc2)CC1. The molecule has 2 aromatic carbocycles. The molecule has 33 heavy (non-hydrogen) atoms. The Morgan fingerprint density at radius 3 is 1.91 bits per heavy atom. The quantitative estimate of drug-likeness (QED) is 0.597. The molecule has 0 aromatic heterocycles. The van der Waals surface area contributed by atoms with E-state index in [2.05, 4.69) is 13.8 Å². The molecule has 0 unspecified atom stereocenters. The molecule has 0 saturated carbocycles. The van der Waals surface area contributed by atoms with E-state index in [1.54, 1.807) is 49.3 Å². The summed E-state index contributed by atoms with van der Waals surface area (Å²) in [6, 6.07) is 11.3. The van der Waals surface area contributed by atoms with Gasteiger partial charge < -0.3 is 24.0 Å². The van der Waals surface area contributed by atoms with Gasteiger partial charge in [0.15, 0.2) is 11.5 Å². The van der Waals surface area contributed by atoms with Crippen molar-refractivity contribution in [2.75, 3.05) is 47.5 Å². The summed E-state index contributed by atoms with van der Waals surface area (Å²) in [5.41, 5.74) is 2.60. The van der Waals surface area contributed by atoms with Gasteiger partial charge in [0, 0.05) is 49.4 Å². The van der Waals surface area contributed by atoms with Gasteiger partial charge in [-0.2, -0.15) is 0 Å². The molecule has 0 atom stereocenters. The molecule has 1 saturated heterocycles. The zero-order valence-electron chi connectivity index (χ0n) is 20.0. The Morgan fingerprint density at radius 1 is 0.818 bits per heavy atom. The Kier molecular flexibility index (Phi) is 7.98. The largest absolute Gasteiger partial charge is 0.496 e. The molecular formula is C26H32N2O5. The van der Waals surface area contributed by atoms with E-state index >= 15 is 0 Å². The number of piperazine rings is 1. The number of hydrogen-bond donors (Lipinski definition) is 0. The fourth-order valence-electron chi connectivity index (χ4n) is 3.77. The van der Waals surface area contributed by atoms with Crippen LogP contribution in [-0.4, -0.2) is 69.1 Å². The number of amides is 2. The average molecular weight is 453 g/mol. The highest BCUT2D eigenvalue weighted by Gasteiger charge is 2.24. The normalized spacial score (nSPS) is 14.0. The fraction of sp³-hybridized carbons (Fsp3) is 0.385. The monoisotopic (exact) mass is 452 g/mol. The van der Waals surface area contributed by atoms with Crippen molar-refractivity contribution in [2.24, 2.45) is 0 Å². The van der Waals surface area contributed by atoms with E-state index in [0.717, 1.165) is 0 Å². The van der Waals surface area contributed by atoms with Crippen molar-refractivity contribution >= 4 is 17.9 Å². The van der Waals surface area contributed by atoms with Crippen LogP contribution in [-0.2, 0) is 4.79 Å². The third kappa shape index (κ3) is 5.66. The van der Waals surface area contributed by atoms with Crippen LogP contribution in [0.2, 0.25) is 0 Å². The van der Waals surface area contributed by atoms with Crippen LogP contribution in [0.1, 0.15) is 41.3 Å². The molecule has 1 fully saturated rings. The smallest absolute Gasteiger partial charge is 0.253 e. The Labute approximate surface area is 195 Å². The number of carbonyl (C=O) groups is 2. The number of ether oxygens (including phenoxy) is 3. The maximum Gasteiger partial charge on any atom is 0.253 e. The lowest BCUT2D eigenvalue weighted by atomic mass is 10.0. The second kappa shape index (κ2) is 10.9. The summed E-state index contributed by atoms with van der Waals surface area (Å²) < 4.78 is 16.0. The second-order valence-electron chi connectivity index (χ2n) is 8.18. The maximum absolute atomic E-state index is 12.8. The first-order chi connectivity index (χ1) is 15.9. The minimum atomic E-state index is -0.111. The summed E-state index contributed by atoms with van der Waals surface area (Å²) in [5, 5.41) is 0. The molecular weight excluding hydrogens is 420 g/mol. The van der Waals surface area contributed by atoms with Crippen molar-refractivity contribution in [3.8, 4) is 17.2 Å². The van der Waals surface area contributed by atoms with E-state index in [1.807, 2.05) is 24.3 Å². The van der Waals surface area contributed by atoms with Crippen molar-refractivity contribution in [1.82, 2.24) is 9.80 Å². The first kappa shape index (κ1) is 24.2. The summed E-state index contributed by atoms with van der Waals surface area (Å²) in [4.78, 5) is 29.1. The van der Waals surface area contributed by atoms with Crippen molar-refractivity contribution in [1.29, 1.82) is 0 Å². The van der Waals surface area contributed by atoms with E-state index in [9.17, 15) is 9.59 Å². The van der Waals surface area contributed by atoms with Gasteiger partial charge in [0.2, 0.25) is 5.91 Å². The van der Waals surface area contributed by atoms with E-state index in [1.165, 1.54) is 11.6 Å². The van der Waals surface area contributed by atoms with Crippen LogP contribution in [0, 0.1) is 0 Å². The number of hydrogen-bond acceptors (Lipinski definition) is 5. The number of rotatable bonds is 7. The topological polar surface area (TPSA) is 68.3 Å². The Hall–Kier alpha value is -3.48. The van der Waals surface area contributed by atoms with Gasteiger partial charge in [-0.1, -0.05) is 26.0 Å². The Morgan fingerprint density at radius 2 is 1.36 bits per heavy atom. The van der Waals surface area contributed by atoms with Crippen molar-refractivity contribution in [2.45, 2.75) is 19.8 Å². The lowest BCUT2D eigenvalue weighted by Gasteiger charge is -2.34. The number of methoxy groups -OCH3 is 3. The molecule has 0 bridgehead atoms. The standard InChI is InChI=1S/C26H32N2O5/c1-18(2)19-6-8-20(9-7-19)26(30)28-14-12-27(13-15-28)25(29)11-10-21-16-23(32-4)24(33-5)17-22(21)31-3/h6-11,16-18H,12-15H2,1-5H3/b11-10+. The summed E-state index contributed by atoms with van der Waals surface area (Å²) in [5.74, 6) is 2.01. The molecule has 2 aromatic rings. The van der Waals surface area contributed by atoms with Gasteiger partial charge >= 0.3 is 0 Å². The van der Waals surface area contributed by atoms with Gasteiger partial charge in [-0.3, -0.25) is 9.59 Å². The van der Waals surface area contributed by atoms with Crippen LogP contribution >= 0.6 is 0 Å². The fourth-order valence-corrected chi connectivity index (χ4v) is 3.77. The summed E-state index contributed by atoms with van der Waals surface area (Å²) in [7, 11) is 4.68. The van der Waals surface area contributed by atoms with Crippen LogP contribution in [0.5, 0.6) is 17.2 Å². The lowest BCUT2D eigenvalue weighted by molar-refractivity contribution is -0.127. The average Bonchev–Trinajstić information content (AvgIpc) is 2.86. The maximum atomic E-state index is 12.8. The molecule has 1 aliphatic heterocycles. The molecule has 0 aliphatic carbocycles. The summed E-state index contributed by atoms with van der Waals surface area (Å²) in [6.45, 7) is 6.24. The predicted molar refractivity (Wildman–Crippen MR) is 128 cm³/mol. The van der Waals surface area contributed by atoms with Crippen molar-refractivity contribution in [3.05, 3.63) is 59.2 Å². The number of carbonyl (C=O) groups excluding carboxylic acids is 2. The third-order valence-electron chi connectivity index (χ3n) is 5.84. The zero-order valence-corrected chi connectivity index (χ0v) is 20.0. The number of nitrogens with zero attached hydrogens (tertiary/aromatic N) is 2. The second-order valence-corrected chi connectivity index (χ2v) is 8.18. The molecule has 0 radical (unpaired) electrons. The predicted octanol–water partition coefficient (Wildman–Crippen LogP) is 3.83. The zero-order chi connectivity index (χ0) is 24.0. The molecule has 2 amide bonds. The van der Waals surface area contributed by atoms with Gasteiger partial charge in [0.1, 0.15) is 5.75 Å². The van der Waals surface area contributed by atoms with Gasteiger partial charge in [-0.05, 0) is 35.8 Å². The van der Waals surface area contributed by atoms with Gasteiger partial charge in [0.05, 0.1) is 21.3 Å². The van der Waals surface area contributed by atoms with E-state index in [0.29, 0.717) is 60.5 Å². The highest BCUT2D eigenvalue weighted by atomic mass is 16.5. The molecule has 7 nitrogen and oxygen atoms in total. The third-order valence-corrected chi connectivity index (χ3v) is 5.84. The lowest BCUT2D eigenvalue weighted by Crippen LogP contribution is -2.50. The summed E-state index contributed by atoms with van der Waals surface area (Å²) >= 11 is 0. The molecule has 7 heteroatoms. The molecule has 3 rings (SSSR count). The summed E-state index contributed by atoms with van der Waals surface area (Å²) in [6.07, 6.45) is 3.23. The number of benzene rings is 2. The molecule has 0 N–H and O–H groups in total. The molecule has 176 valence electrons. The van der Waals surface area contributed by atoms with Gasteiger partial charge in [-0.25, -0.2) is 0 Å². The van der Waals surface area contributed by atoms with Crippen LogP contribution in [0.25, 0.3) is 6.08 Å². The van der Waals surface area contributed by atoms with Crippen molar-refractivity contribution < 1.29 is 23.8 Å². The minimum absolute atomic E-state index is 0.00279. The molecule has 0 spiro atoms. The molecule has 1 aliphatic rings. The van der Waals surface area contributed by atoms with E-state index in [4.69, 9.17) is 14.2 Å². The minimum Gasteiger partial charge on any atom is -0.496 e. The van der Waals surface area contributed by atoms with Crippen LogP contribution in [0.4, 0.5) is 0 Å². The van der Waals surface area contributed by atoms with E-state index in [-0.39, 0.29) is 11.8 Å². The Bertz CT molecular complexity index is 1010.